The molecule has 2 rings (SSSR count). The number of nitrogens with one attached hydrogen (secondary N) is 1. The van der Waals surface area contributed by atoms with Gasteiger partial charge in [-0.15, -0.1) is 0 Å². The minimum Gasteiger partial charge on any atom is -0.478 e. The summed E-state index contributed by atoms with van der Waals surface area (Å²) in [6.07, 6.45) is 2.19. The number of hydrogen-bond donors (Lipinski definition) is 2. The van der Waals surface area contributed by atoms with Gasteiger partial charge < -0.3 is 10.1 Å². The Hall–Kier alpha value is -2.43. The molecule has 0 aromatic carbocycles. The van der Waals surface area contributed by atoms with E-state index in [1.165, 1.54) is 0 Å². The molecule has 0 atom stereocenters. The number of aldehydes is 1. The zero-order valence-electron chi connectivity index (χ0n) is 11.6. The normalized spacial score (nSPS) is 10.8. The fourth-order valence-corrected chi connectivity index (χ4v) is 2.36. The predicted molar refractivity (Wildman–Crippen MR) is 75.2 cm³/mol. The maximum atomic E-state index is 11.4. The number of aromatic nitrogens is 2. The third-order valence-corrected chi connectivity index (χ3v) is 3.22. The first-order chi connectivity index (χ1) is 9.47. The van der Waals surface area contributed by atoms with Crippen LogP contribution in [-0.4, -0.2) is 27.3 Å². The van der Waals surface area contributed by atoms with Crippen molar-refractivity contribution in [3.63, 3.8) is 0 Å². The van der Waals surface area contributed by atoms with Gasteiger partial charge in [0, 0.05) is 6.20 Å². The third-order valence-electron chi connectivity index (χ3n) is 3.22. The molecule has 0 bridgehead atoms. The lowest BCUT2D eigenvalue weighted by molar-refractivity contribution is 0.0692. The molecule has 0 aliphatic carbocycles. The SMILES string of the molecule is Cc1cccnc1-c1[nH]c(C=O)c(C(=O)O)c1C(C)C. The van der Waals surface area contributed by atoms with Gasteiger partial charge in [-0.05, 0) is 30.0 Å². The lowest BCUT2D eigenvalue weighted by Crippen LogP contribution is -2.04. The Kier molecular flexibility index (Phi) is 3.70. The van der Waals surface area contributed by atoms with Gasteiger partial charge in [-0.2, -0.15) is 0 Å². The molecule has 0 aliphatic heterocycles. The average molecular weight is 272 g/mol. The minimum atomic E-state index is -1.10. The average Bonchev–Trinajstić information content (AvgIpc) is 2.78. The molecule has 0 aliphatic rings. The third kappa shape index (κ3) is 2.22. The van der Waals surface area contributed by atoms with Crippen molar-refractivity contribution in [1.29, 1.82) is 0 Å². The van der Waals surface area contributed by atoms with Crippen molar-refractivity contribution >= 4 is 12.3 Å². The number of aromatic amines is 1. The van der Waals surface area contributed by atoms with Gasteiger partial charge >= 0.3 is 5.97 Å². The quantitative estimate of drug-likeness (QED) is 0.838. The van der Waals surface area contributed by atoms with Crippen LogP contribution in [-0.2, 0) is 0 Å². The summed E-state index contributed by atoms with van der Waals surface area (Å²) >= 11 is 0. The summed E-state index contributed by atoms with van der Waals surface area (Å²) in [5.74, 6) is -1.14. The highest BCUT2D eigenvalue weighted by Gasteiger charge is 2.26. The molecule has 20 heavy (non-hydrogen) atoms. The number of carbonyl (C=O) groups is 2. The topological polar surface area (TPSA) is 83.0 Å². The number of rotatable bonds is 4. The fourth-order valence-electron chi connectivity index (χ4n) is 2.36. The van der Waals surface area contributed by atoms with E-state index in [1.54, 1.807) is 6.20 Å². The van der Waals surface area contributed by atoms with Crippen molar-refractivity contribution in [3.8, 4) is 11.4 Å². The number of carboxylic acids is 1. The van der Waals surface area contributed by atoms with Gasteiger partial charge in [0.25, 0.3) is 0 Å². The standard InChI is InChI=1S/C15H16N2O3/c1-8(2)11-12(15(19)20)10(7-18)17-14(11)13-9(3)5-4-6-16-13/h4-8,17H,1-3H3,(H,19,20). The highest BCUT2D eigenvalue weighted by atomic mass is 16.4. The van der Waals surface area contributed by atoms with Crippen molar-refractivity contribution in [2.45, 2.75) is 26.7 Å². The summed E-state index contributed by atoms with van der Waals surface area (Å²) in [6, 6.07) is 3.71. The molecule has 0 radical (unpaired) electrons. The maximum absolute atomic E-state index is 11.4. The Morgan fingerprint density at radius 2 is 2.15 bits per heavy atom. The summed E-state index contributed by atoms with van der Waals surface area (Å²) in [7, 11) is 0. The van der Waals surface area contributed by atoms with Crippen LogP contribution in [0.4, 0.5) is 0 Å². The smallest absolute Gasteiger partial charge is 0.338 e. The first kappa shape index (κ1) is 14.0. The van der Waals surface area contributed by atoms with E-state index in [1.807, 2.05) is 32.9 Å². The molecule has 104 valence electrons. The lowest BCUT2D eigenvalue weighted by atomic mass is 9.95. The second-order valence-corrected chi connectivity index (χ2v) is 4.95. The van der Waals surface area contributed by atoms with Crippen molar-refractivity contribution in [3.05, 3.63) is 40.7 Å². The van der Waals surface area contributed by atoms with Gasteiger partial charge in [-0.1, -0.05) is 19.9 Å². The van der Waals surface area contributed by atoms with Crippen LogP contribution >= 0.6 is 0 Å². The number of pyridine rings is 1. The Labute approximate surface area is 116 Å². The zero-order valence-corrected chi connectivity index (χ0v) is 11.6. The highest BCUT2D eigenvalue weighted by Crippen LogP contribution is 2.33. The first-order valence-electron chi connectivity index (χ1n) is 6.33. The molecule has 2 heterocycles. The summed E-state index contributed by atoms with van der Waals surface area (Å²) < 4.78 is 0. The van der Waals surface area contributed by atoms with Gasteiger partial charge in [0.05, 0.1) is 22.6 Å². The van der Waals surface area contributed by atoms with Crippen molar-refractivity contribution < 1.29 is 14.7 Å². The van der Waals surface area contributed by atoms with Gasteiger partial charge in [0.15, 0.2) is 6.29 Å². The van der Waals surface area contributed by atoms with E-state index in [-0.39, 0.29) is 17.2 Å². The molecule has 5 nitrogen and oxygen atoms in total. The molecule has 0 saturated carbocycles. The van der Waals surface area contributed by atoms with Gasteiger partial charge in [0.1, 0.15) is 0 Å². The van der Waals surface area contributed by atoms with Crippen LogP contribution in [0.3, 0.4) is 0 Å². The fraction of sp³-hybridized carbons (Fsp3) is 0.267. The number of carboxylic acid groups (broad SMARTS) is 1. The number of aromatic carboxylic acids is 1. The highest BCUT2D eigenvalue weighted by molar-refractivity contribution is 6.00. The molecule has 2 N–H and O–H groups in total. The van der Waals surface area contributed by atoms with Crippen LogP contribution in [0, 0.1) is 6.92 Å². The number of carbonyl (C=O) groups excluding carboxylic acids is 1. The maximum Gasteiger partial charge on any atom is 0.338 e. The summed E-state index contributed by atoms with van der Waals surface area (Å²) in [5.41, 5.74) is 2.94. The van der Waals surface area contributed by atoms with Gasteiger partial charge in [-0.25, -0.2) is 4.79 Å². The van der Waals surface area contributed by atoms with E-state index < -0.39 is 5.97 Å². The van der Waals surface area contributed by atoms with Crippen LogP contribution in [0.25, 0.3) is 11.4 Å². The molecular weight excluding hydrogens is 256 g/mol. The lowest BCUT2D eigenvalue weighted by Gasteiger charge is -2.10. The molecule has 0 spiro atoms. The first-order valence-corrected chi connectivity index (χ1v) is 6.33. The molecule has 2 aromatic heterocycles. The second-order valence-electron chi connectivity index (χ2n) is 4.95. The molecule has 0 unspecified atom stereocenters. The molecular formula is C15H16N2O3. The predicted octanol–water partition coefficient (Wildman–Crippen LogP) is 3.02. The van der Waals surface area contributed by atoms with E-state index >= 15 is 0 Å². The van der Waals surface area contributed by atoms with Crippen molar-refractivity contribution in [2.24, 2.45) is 0 Å². The summed E-state index contributed by atoms with van der Waals surface area (Å²) in [6.45, 7) is 5.69. The molecule has 0 amide bonds. The van der Waals surface area contributed by atoms with Crippen LogP contribution in [0.1, 0.15) is 51.7 Å². The Balaban J connectivity index is 2.80. The zero-order chi connectivity index (χ0) is 14.9. The molecule has 2 aromatic rings. The van der Waals surface area contributed by atoms with E-state index in [0.717, 1.165) is 5.56 Å². The van der Waals surface area contributed by atoms with Crippen LogP contribution < -0.4 is 0 Å². The summed E-state index contributed by atoms with van der Waals surface area (Å²) in [5, 5.41) is 9.36. The number of aryl methyl sites for hydroxylation is 1. The second kappa shape index (κ2) is 5.28. The van der Waals surface area contributed by atoms with Gasteiger partial charge in [0.2, 0.25) is 0 Å². The summed E-state index contributed by atoms with van der Waals surface area (Å²) in [4.78, 5) is 29.8. The number of H-pyrrole nitrogens is 1. The van der Waals surface area contributed by atoms with Crippen molar-refractivity contribution in [1.82, 2.24) is 9.97 Å². The Bertz CT molecular complexity index is 672. The van der Waals surface area contributed by atoms with Crippen LogP contribution in [0.5, 0.6) is 0 Å². The molecule has 5 heteroatoms. The van der Waals surface area contributed by atoms with E-state index in [2.05, 4.69) is 9.97 Å². The largest absolute Gasteiger partial charge is 0.478 e. The van der Waals surface area contributed by atoms with E-state index in [4.69, 9.17) is 0 Å². The van der Waals surface area contributed by atoms with E-state index in [0.29, 0.717) is 23.2 Å². The van der Waals surface area contributed by atoms with E-state index in [9.17, 15) is 14.7 Å². The van der Waals surface area contributed by atoms with Gasteiger partial charge in [-0.3, -0.25) is 9.78 Å². The number of nitrogens with zero attached hydrogens (tertiary/aromatic N) is 1. The monoisotopic (exact) mass is 272 g/mol. The van der Waals surface area contributed by atoms with Crippen LogP contribution in [0.15, 0.2) is 18.3 Å². The van der Waals surface area contributed by atoms with Crippen LogP contribution in [0.2, 0.25) is 0 Å². The number of hydrogen-bond acceptors (Lipinski definition) is 3. The Morgan fingerprint density at radius 3 is 2.65 bits per heavy atom. The minimum absolute atomic E-state index is 0.0371. The van der Waals surface area contributed by atoms with Crippen molar-refractivity contribution in [2.75, 3.05) is 0 Å². The molecule has 0 fully saturated rings. The Morgan fingerprint density at radius 1 is 1.45 bits per heavy atom. The molecule has 0 saturated heterocycles.